The van der Waals surface area contributed by atoms with Gasteiger partial charge in [0, 0.05) is 38.9 Å². The molecule has 1 amide bonds. The molecule has 8 heteroatoms. The van der Waals surface area contributed by atoms with Crippen molar-refractivity contribution in [2.24, 2.45) is 0 Å². The predicted octanol–water partition coefficient (Wildman–Crippen LogP) is 0.894. The number of benzene rings is 1. The van der Waals surface area contributed by atoms with Crippen LogP contribution in [-0.4, -0.2) is 64.0 Å². The average molecular weight is 365 g/mol. The number of piperazine rings is 1. The van der Waals surface area contributed by atoms with Crippen LogP contribution in [0.4, 0.5) is 5.82 Å². The molecule has 0 spiro atoms. The van der Waals surface area contributed by atoms with Crippen molar-refractivity contribution in [1.29, 1.82) is 0 Å². The van der Waals surface area contributed by atoms with Crippen LogP contribution in [0.2, 0.25) is 0 Å². The van der Waals surface area contributed by atoms with Crippen molar-refractivity contribution in [3.63, 3.8) is 0 Å². The first-order chi connectivity index (χ1) is 13.2. The normalized spacial score (nSPS) is 15.2. The Labute approximate surface area is 157 Å². The number of carbonyl (C=O) groups is 1. The second kappa shape index (κ2) is 7.71. The van der Waals surface area contributed by atoms with Crippen LogP contribution in [-0.2, 0) is 17.9 Å². The molecule has 1 N–H and O–H groups in total. The highest BCUT2D eigenvalue weighted by atomic mass is 16.2. The molecule has 1 aliphatic rings. The zero-order valence-corrected chi connectivity index (χ0v) is 15.4. The van der Waals surface area contributed by atoms with E-state index in [0.717, 1.165) is 48.6 Å². The van der Waals surface area contributed by atoms with Crippen LogP contribution >= 0.6 is 0 Å². The molecule has 0 saturated carbocycles. The lowest BCUT2D eigenvalue weighted by molar-refractivity contribution is -0.121. The van der Waals surface area contributed by atoms with Gasteiger partial charge in [0.25, 0.3) is 0 Å². The van der Waals surface area contributed by atoms with E-state index in [2.05, 4.69) is 37.5 Å². The number of aromatic nitrogens is 4. The average Bonchev–Trinajstić information content (AvgIpc) is 3.10. The number of amides is 1. The molecule has 1 aromatic carbocycles. The van der Waals surface area contributed by atoms with Crippen LogP contribution in [0.3, 0.4) is 0 Å². The first kappa shape index (κ1) is 17.4. The number of pyridine rings is 1. The number of hydrogen-bond donors (Lipinski definition) is 1. The third-order valence-electron chi connectivity index (χ3n) is 4.84. The van der Waals surface area contributed by atoms with Gasteiger partial charge in [0.05, 0.1) is 5.52 Å². The first-order valence-electron chi connectivity index (χ1n) is 9.12. The Kier molecular flexibility index (Phi) is 4.97. The highest BCUT2D eigenvalue weighted by molar-refractivity contribution is 5.79. The Balaban J connectivity index is 1.31. The monoisotopic (exact) mass is 365 g/mol. The fourth-order valence-corrected chi connectivity index (χ4v) is 3.17. The second-order valence-electron chi connectivity index (χ2n) is 6.83. The summed E-state index contributed by atoms with van der Waals surface area (Å²) < 4.78 is 1.61. The van der Waals surface area contributed by atoms with Crippen molar-refractivity contribution in [3.8, 4) is 0 Å². The van der Waals surface area contributed by atoms with E-state index in [9.17, 15) is 4.79 Å². The van der Waals surface area contributed by atoms with E-state index >= 15 is 0 Å². The van der Waals surface area contributed by atoms with Crippen molar-refractivity contribution >= 4 is 22.8 Å². The molecule has 27 heavy (non-hydrogen) atoms. The molecule has 0 aliphatic carbocycles. The van der Waals surface area contributed by atoms with E-state index in [-0.39, 0.29) is 12.5 Å². The SMILES string of the molecule is CN1CCN(c2ccc(CNC(=O)Cn3nnc4ccccc43)cn2)CC1. The van der Waals surface area contributed by atoms with E-state index in [4.69, 9.17) is 0 Å². The Hall–Kier alpha value is -3.00. The van der Waals surface area contributed by atoms with Gasteiger partial charge in [-0.1, -0.05) is 23.4 Å². The number of nitrogens with zero attached hydrogens (tertiary/aromatic N) is 6. The Morgan fingerprint density at radius 3 is 2.70 bits per heavy atom. The van der Waals surface area contributed by atoms with Crippen molar-refractivity contribution in [3.05, 3.63) is 48.2 Å². The molecule has 1 aliphatic heterocycles. The molecule has 0 unspecified atom stereocenters. The summed E-state index contributed by atoms with van der Waals surface area (Å²) in [5.74, 6) is 0.890. The van der Waals surface area contributed by atoms with Crippen molar-refractivity contribution in [2.45, 2.75) is 13.1 Å². The minimum absolute atomic E-state index is 0.103. The highest BCUT2D eigenvalue weighted by Crippen LogP contribution is 2.13. The highest BCUT2D eigenvalue weighted by Gasteiger charge is 2.15. The van der Waals surface area contributed by atoms with E-state index < -0.39 is 0 Å². The van der Waals surface area contributed by atoms with E-state index in [1.807, 2.05) is 42.6 Å². The van der Waals surface area contributed by atoms with E-state index in [0.29, 0.717) is 6.54 Å². The van der Waals surface area contributed by atoms with Gasteiger partial charge in [0.1, 0.15) is 17.9 Å². The summed E-state index contributed by atoms with van der Waals surface area (Å²) in [4.78, 5) is 21.4. The molecule has 1 saturated heterocycles. The zero-order valence-electron chi connectivity index (χ0n) is 15.4. The smallest absolute Gasteiger partial charge is 0.242 e. The summed E-state index contributed by atoms with van der Waals surface area (Å²) in [5, 5.41) is 11.0. The maximum absolute atomic E-state index is 12.2. The molecule has 0 atom stereocenters. The fourth-order valence-electron chi connectivity index (χ4n) is 3.17. The number of fused-ring (bicyclic) bond motifs is 1. The topological polar surface area (TPSA) is 79.2 Å². The number of rotatable bonds is 5. The number of anilines is 1. The molecule has 2 aromatic heterocycles. The maximum atomic E-state index is 12.2. The maximum Gasteiger partial charge on any atom is 0.242 e. The molecular weight excluding hydrogens is 342 g/mol. The van der Waals surface area contributed by atoms with Crippen molar-refractivity contribution in [2.75, 3.05) is 38.1 Å². The van der Waals surface area contributed by atoms with Crippen LogP contribution < -0.4 is 10.2 Å². The summed E-state index contributed by atoms with van der Waals surface area (Å²) >= 11 is 0. The lowest BCUT2D eigenvalue weighted by Crippen LogP contribution is -2.44. The molecule has 4 rings (SSSR count). The van der Waals surface area contributed by atoms with Gasteiger partial charge in [0.15, 0.2) is 0 Å². The van der Waals surface area contributed by atoms with Gasteiger partial charge in [-0.2, -0.15) is 0 Å². The fraction of sp³-hybridized carbons (Fsp3) is 0.368. The number of likely N-dealkylation sites (N-methyl/N-ethyl adjacent to an activating group) is 1. The number of carbonyl (C=O) groups excluding carboxylic acids is 1. The summed E-state index contributed by atoms with van der Waals surface area (Å²) in [6.45, 7) is 4.68. The van der Waals surface area contributed by atoms with Crippen molar-refractivity contribution in [1.82, 2.24) is 30.2 Å². The third-order valence-corrected chi connectivity index (χ3v) is 4.84. The predicted molar refractivity (Wildman–Crippen MR) is 103 cm³/mol. The van der Waals surface area contributed by atoms with Gasteiger partial charge >= 0.3 is 0 Å². The van der Waals surface area contributed by atoms with Crippen molar-refractivity contribution < 1.29 is 4.79 Å². The summed E-state index contributed by atoms with van der Waals surface area (Å²) in [7, 11) is 2.14. The lowest BCUT2D eigenvalue weighted by atomic mass is 10.2. The number of para-hydroxylation sites is 1. The molecule has 1 fully saturated rings. The molecule has 3 heterocycles. The van der Waals surface area contributed by atoms with Gasteiger partial charge < -0.3 is 15.1 Å². The van der Waals surface area contributed by atoms with Gasteiger partial charge in [-0.3, -0.25) is 4.79 Å². The van der Waals surface area contributed by atoms with Crippen LogP contribution in [0.5, 0.6) is 0 Å². The zero-order chi connectivity index (χ0) is 18.6. The lowest BCUT2D eigenvalue weighted by Gasteiger charge is -2.33. The van der Waals surface area contributed by atoms with Gasteiger partial charge in [-0.05, 0) is 30.8 Å². The van der Waals surface area contributed by atoms with Crippen LogP contribution in [0.25, 0.3) is 11.0 Å². The Morgan fingerprint density at radius 2 is 1.93 bits per heavy atom. The second-order valence-corrected chi connectivity index (χ2v) is 6.83. The van der Waals surface area contributed by atoms with Crippen LogP contribution in [0, 0.1) is 0 Å². The number of nitrogens with one attached hydrogen (secondary N) is 1. The standard InChI is InChI=1S/C19H23N7O/c1-24-8-10-25(11-9-24)18-7-6-15(12-20-18)13-21-19(27)14-26-17-5-3-2-4-16(17)22-23-26/h2-7,12H,8-11,13-14H2,1H3,(H,21,27). The summed E-state index contributed by atoms with van der Waals surface area (Å²) in [6.07, 6.45) is 1.83. The molecule has 3 aromatic rings. The molecule has 8 nitrogen and oxygen atoms in total. The van der Waals surface area contributed by atoms with E-state index in [1.54, 1.807) is 4.68 Å². The minimum Gasteiger partial charge on any atom is -0.354 e. The van der Waals surface area contributed by atoms with Crippen LogP contribution in [0.15, 0.2) is 42.6 Å². The minimum atomic E-state index is -0.103. The molecule has 140 valence electrons. The number of hydrogen-bond acceptors (Lipinski definition) is 6. The Bertz CT molecular complexity index is 913. The summed E-state index contributed by atoms with van der Waals surface area (Å²) in [5.41, 5.74) is 2.62. The van der Waals surface area contributed by atoms with E-state index in [1.165, 1.54) is 0 Å². The quantitative estimate of drug-likeness (QED) is 0.724. The van der Waals surface area contributed by atoms with Gasteiger partial charge in [0.2, 0.25) is 5.91 Å². The first-order valence-corrected chi connectivity index (χ1v) is 9.12. The summed E-state index contributed by atoms with van der Waals surface area (Å²) in [6, 6.07) is 11.6. The Morgan fingerprint density at radius 1 is 1.11 bits per heavy atom. The third kappa shape index (κ3) is 4.06. The van der Waals surface area contributed by atoms with Gasteiger partial charge in [-0.25, -0.2) is 9.67 Å². The molecule has 0 radical (unpaired) electrons. The molecular formula is C19H23N7O. The largest absolute Gasteiger partial charge is 0.354 e. The molecule has 0 bridgehead atoms. The van der Waals surface area contributed by atoms with Gasteiger partial charge in [-0.15, -0.1) is 5.10 Å². The van der Waals surface area contributed by atoms with Crippen LogP contribution in [0.1, 0.15) is 5.56 Å².